The van der Waals surface area contributed by atoms with Gasteiger partial charge in [-0.3, -0.25) is 9.69 Å². The molecule has 5 fully saturated rings. The summed E-state index contributed by atoms with van der Waals surface area (Å²) in [5, 5.41) is 32.1. The maximum Gasteiger partial charge on any atom is 0.306 e. The molecule has 242 valence electrons. The van der Waals surface area contributed by atoms with E-state index < -0.39 is 5.97 Å². The molecule has 1 aromatic carbocycles. The van der Waals surface area contributed by atoms with Crippen molar-refractivity contribution >= 4 is 17.5 Å². The van der Waals surface area contributed by atoms with E-state index >= 15 is 0 Å². The normalized spacial score (nSPS) is 32.0. The first-order chi connectivity index (χ1) is 21.9. The summed E-state index contributed by atoms with van der Waals surface area (Å²) in [4.78, 5) is 22.2. The lowest BCUT2D eigenvalue weighted by molar-refractivity contribution is -0.145. The van der Waals surface area contributed by atoms with Gasteiger partial charge in [0.1, 0.15) is 5.75 Å². The van der Waals surface area contributed by atoms with Gasteiger partial charge in [-0.05, 0) is 114 Å². The number of rotatable bonds is 5. The third-order valence-electron chi connectivity index (χ3n) is 12.6. The third-order valence-corrected chi connectivity index (χ3v) is 12.6. The Balaban J connectivity index is 0.799. The van der Waals surface area contributed by atoms with Crippen LogP contribution in [0, 0.1) is 11.3 Å². The maximum atomic E-state index is 11.4. The molecule has 3 N–H and O–H groups in total. The van der Waals surface area contributed by atoms with Crippen molar-refractivity contribution in [3.8, 4) is 17.0 Å². The number of carbonyl (C=O) groups is 1. The number of aliphatic carboxylic acids is 1. The Kier molecular flexibility index (Phi) is 7.86. The van der Waals surface area contributed by atoms with Crippen molar-refractivity contribution in [1.82, 2.24) is 24.9 Å². The van der Waals surface area contributed by atoms with Gasteiger partial charge in [-0.1, -0.05) is 12.1 Å². The van der Waals surface area contributed by atoms with E-state index in [-0.39, 0.29) is 11.7 Å². The molecule has 1 aromatic heterocycles. The Morgan fingerprint density at radius 3 is 2.16 bits per heavy atom. The van der Waals surface area contributed by atoms with Crippen LogP contribution in [0.2, 0.25) is 0 Å². The summed E-state index contributed by atoms with van der Waals surface area (Å²) in [5.41, 5.74) is 3.00. The standard InChI is InChI=1S/C35H49N7O3/c43-32-4-2-1-3-29(32)30-19-31-33(38-37-30)36-22-28-23-41(17-18-42(28)31)26-9-13-39(14-10-26)25-7-15-40(16-8-25)27-20-35(21-27)11-5-24(6-12-35)34(44)45/h1-4,19,24-28,43H,5-18,20-23H2,(H,36,38)(H,44,45)/t24?,27?,28-,35?/m0/s1. The molecule has 45 heavy (non-hydrogen) atoms. The summed E-state index contributed by atoms with van der Waals surface area (Å²) < 4.78 is 0. The zero-order chi connectivity index (χ0) is 30.5. The van der Waals surface area contributed by atoms with Crippen LogP contribution in [0.5, 0.6) is 5.75 Å². The molecule has 0 radical (unpaired) electrons. The lowest BCUT2D eigenvalue weighted by atomic mass is 9.56. The highest BCUT2D eigenvalue weighted by molar-refractivity contribution is 5.76. The number of carboxylic acids is 1. The fourth-order valence-corrected chi connectivity index (χ4v) is 9.78. The molecule has 1 atom stereocenters. The smallest absolute Gasteiger partial charge is 0.306 e. The van der Waals surface area contributed by atoms with Crippen molar-refractivity contribution in [2.75, 3.05) is 62.6 Å². The maximum absolute atomic E-state index is 11.4. The Labute approximate surface area is 266 Å². The van der Waals surface area contributed by atoms with Crippen LogP contribution in [0.15, 0.2) is 30.3 Å². The highest BCUT2D eigenvalue weighted by atomic mass is 16.4. The summed E-state index contributed by atoms with van der Waals surface area (Å²) >= 11 is 0. The number of piperazine rings is 1. The number of phenolic OH excluding ortho intramolecular Hbond substituents is 1. The minimum absolute atomic E-state index is 0.0955. The van der Waals surface area contributed by atoms with Crippen LogP contribution in [0.1, 0.15) is 64.2 Å². The molecule has 4 aliphatic heterocycles. The van der Waals surface area contributed by atoms with Crippen molar-refractivity contribution in [3.63, 3.8) is 0 Å². The fraction of sp³-hybridized carbons (Fsp3) is 0.686. The van der Waals surface area contributed by atoms with Gasteiger partial charge < -0.3 is 30.2 Å². The molecule has 2 saturated carbocycles. The van der Waals surface area contributed by atoms with E-state index in [0.29, 0.717) is 23.2 Å². The highest BCUT2D eigenvalue weighted by Crippen LogP contribution is 2.54. The SMILES string of the molecule is O=C(O)C1CCC2(CC1)CC(N1CCC(N3CCC(N4CCN5c6cc(-c7ccccc7O)nnc6NC[C@H]5C4)CC3)CC1)C2. The molecule has 2 aliphatic carbocycles. The number of carboxylic acid groups (broad SMARTS) is 1. The van der Waals surface area contributed by atoms with Gasteiger partial charge in [0.15, 0.2) is 5.82 Å². The molecule has 0 amide bonds. The molecule has 10 heteroatoms. The van der Waals surface area contributed by atoms with Crippen LogP contribution in [0.4, 0.5) is 11.5 Å². The van der Waals surface area contributed by atoms with Gasteiger partial charge in [-0.15, -0.1) is 10.2 Å². The molecule has 10 nitrogen and oxygen atoms in total. The van der Waals surface area contributed by atoms with Crippen LogP contribution in [-0.2, 0) is 4.79 Å². The molecule has 6 aliphatic rings. The van der Waals surface area contributed by atoms with Gasteiger partial charge in [0.05, 0.1) is 23.3 Å². The van der Waals surface area contributed by atoms with Gasteiger partial charge in [0.2, 0.25) is 0 Å². The average molecular weight is 616 g/mol. The minimum atomic E-state index is -0.584. The number of nitrogens with zero attached hydrogens (tertiary/aromatic N) is 6. The summed E-state index contributed by atoms with van der Waals surface area (Å²) in [6, 6.07) is 12.0. The predicted octanol–water partition coefficient (Wildman–Crippen LogP) is 4.12. The highest BCUT2D eigenvalue weighted by Gasteiger charge is 2.49. The minimum Gasteiger partial charge on any atom is -0.507 e. The monoisotopic (exact) mass is 615 g/mol. The molecule has 3 saturated heterocycles. The average Bonchev–Trinajstić information content (AvgIpc) is 3.07. The molecule has 1 spiro atoms. The van der Waals surface area contributed by atoms with Crippen LogP contribution in [-0.4, -0.2) is 118 Å². The van der Waals surface area contributed by atoms with Crippen LogP contribution < -0.4 is 10.2 Å². The van der Waals surface area contributed by atoms with E-state index in [1.165, 1.54) is 64.7 Å². The number of aromatic hydroxyl groups is 1. The summed E-state index contributed by atoms with van der Waals surface area (Å²) in [6.45, 7) is 8.93. The first kappa shape index (κ1) is 29.5. The van der Waals surface area contributed by atoms with Crippen molar-refractivity contribution in [2.24, 2.45) is 11.3 Å². The summed E-state index contributed by atoms with van der Waals surface area (Å²) in [6.07, 6.45) is 11.8. The van der Waals surface area contributed by atoms with Gasteiger partial charge in [0, 0.05) is 49.9 Å². The number of piperidine rings is 2. The predicted molar refractivity (Wildman–Crippen MR) is 175 cm³/mol. The zero-order valence-corrected chi connectivity index (χ0v) is 26.5. The zero-order valence-electron chi connectivity index (χ0n) is 26.5. The quantitative estimate of drug-likeness (QED) is 0.455. The first-order valence-corrected chi connectivity index (χ1v) is 17.6. The number of para-hydroxylation sites is 1. The largest absolute Gasteiger partial charge is 0.507 e. The Morgan fingerprint density at radius 2 is 1.47 bits per heavy atom. The van der Waals surface area contributed by atoms with E-state index in [9.17, 15) is 15.0 Å². The first-order valence-electron chi connectivity index (χ1n) is 17.6. The molecule has 5 heterocycles. The fourth-order valence-electron chi connectivity index (χ4n) is 9.78. The molecular formula is C35H49N7O3. The van der Waals surface area contributed by atoms with Crippen molar-refractivity contribution in [3.05, 3.63) is 30.3 Å². The van der Waals surface area contributed by atoms with Gasteiger partial charge in [-0.2, -0.15) is 0 Å². The van der Waals surface area contributed by atoms with E-state index in [1.54, 1.807) is 6.07 Å². The number of aromatic nitrogens is 2. The lowest BCUT2D eigenvalue weighted by Gasteiger charge is -2.56. The van der Waals surface area contributed by atoms with Crippen molar-refractivity contribution < 1.29 is 15.0 Å². The molecule has 8 rings (SSSR count). The number of likely N-dealkylation sites (tertiary alicyclic amines) is 2. The molecule has 0 bridgehead atoms. The van der Waals surface area contributed by atoms with E-state index in [4.69, 9.17) is 0 Å². The van der Waals surface area contributed by atoms with Crippen LogP contribution in [0.25, 0.3) is 11.3 Å². The second-order valence-electron chi connectivity index (χ2n) is 14.9. The number of hydrogen-bond acceptors (Lipinski definition) is 9. The van der Waals surface area contributed by atoms with Gasteiger partial charge in [0.25, 0.3) is 0 Å². The van der Waals surface area contributed by atoms with Gasteiger partial charge >= 0.3 is 5.97 Å². The number of benzene rings is 1. The third kappa shape index (κ3) is 5.67. The number of hydrogen-bond donors (Lipinski definition) is 3. The van der Waals surface area contributed by atoms with E-state index in [2.05, 4.69) is 41.2 Å². The summed E-state index contributed by atoms with van der Waals surface area (Å²) in [7, 11) is 0. The summed E-state index contributed by atoms with van der Waals surface area (Å²) in [5.74, 6) is 0.400. The Hall–Kier alpha value is -2.95. The van der Waals surface area contributed by atoms with Crippen LogP contribution >= 0.6 is 0 Å². The van der Waals surface area contributed by atoms with Crippen LogP contribution in [0.3, 0.4) is 0 Å². The number of nitrogens with one attached hydrogen (secondary N) is 1. The molecule has 0 unspecified atom stereocenters. The Bertz CT molecular complexity index is 1370. The lowest BCUT2D eigenvalue weighted by Crippen LogP contribution is -2.61. The topological polar surface area (TPSA) is 108 Å². The van der Waals surface area contributed by atoms with Crippen molar-refractivity contribution in [1.29, 1.82) is 0 Å². The Morgan fingerprint density at radius 1 is 0.800 bits per heavy atom. The second-order valence-corrected chi connectivity index (χ2v) is 14.9. The van der Waals surface area contributed by atoms with E-state index in [1.807, 2.05) is 18.2 Å². The van der Waals surface area contributed by atoms with E-state index in [0.717, 1.165) is 81.0 Å². The number of fused-ring (bicyclic) bond motifs is 3. The van der Waals surface area contributed by atoms with Gasteiger partial charge in [-0.25, -0.2) is 0 Å². The second kappa shape index (κ2) is 12.0. The van der Waals surface area contributed by atoms with Crippen molar-refractivity contribution in [2.45, 2.75) is 88.4 Å². The number of anilines is 2. The molecule has 2 aromatic rings. The number of phenols is 1. The molecular weight excluding hydrogens is 566 g/mol.